The van der Waals surface area contributed by atoms with Gasteiger partial charge in [-0.15, -0.1) is 0 Å². The number of nitrogens with one attached hydrogen (secondary N) is 1. The van der Waals surface area contributed by atoms with Gasteiger partial charge in [0.2, 0.25) is 5.91 Å². The summed E-state index contributed by atoms with van der Waals surface area (Å²) in [7, 11) is 0. The first-order valence-electron chi connectivity index (χ1n) is 6.91. The SMILES string of the molecule is CCCCOCCCNC(=O)c1cccc(C(N)=O)c1. The molecule has 3 N–H and O–H groups in total. The lowest BCUT2D eigenvalue weighted by Gasteiger charge is -2.06. The van der Waals surface area contributed by atoms with Gasteiger partial charge in [-0.05, 0) is 31.0 Å². The molecule has 20 heavy (non-hydrogen) atoms. The van der Waals surface area contributed by atoms with Crippen molar-refractivity contribution in [3.05, 3.63) is 35.4 Å². The highest BCUT2D eigenvalue weighted by atomic mass is 16.5. The Labute approximate surface area is 119 Å². The van der Waals surface area contributed by atoms with Crippen molar-refractivity contribution >= 4 is 11.8 Å². The number of primary amides is 1. The van der Waals surface area contributed by atoms with Crippen molar-refractivity contribution in [3.63, 3.8) is 0 Å². The number of carbonyl (C=O) groups is 2. The molecule has 1 aromatic carbocycles. The van der Waals surface area contributed by atoms with Crippen molar-refractivity contribution in [2.75, 3.05) is 19.8 Å². The van der Waals surface area contributed by atoms with E-state index in [2.05, 4.69) is 12.2 Å². The first kappa shape index (κ1) is 16.2. The molecule has 5 heteroatoms. The standard InChI is InChI=1S/C15H22N2O3/c1-2-3-9-20-10-5-8-17-15(19)13-7-4-6-12(11-13)14(16)18/h4,6-7,11H,2-3,5,8-10H2,1H3,(H2,16,18)(H,17,19). The molecule has 0 saturated carbocycles. The lowest BCUT2D eigenvalue weighted by molar-refractivity contribution is 0.0940. The summed E-state index contributed by atoms with van der Waals surface area (Å²) in [5, 5.41) is 2.78. The van der Waals surface area contributed by atoms with Crippen LogP contribution in [0.1, 0.15) is 46.9 Å². The second-order valence-corrected chi connectivity index (χ2v) is 4.52. The Morgan fingerprint density at radius 1 is 1.20 bits per heavy atom. The summed E-state index contributed by atoms with van der Waals surface area (Å²) in [5.74, 6) is -0.745. The molecule has 0 heterocycles. The molecule has 5 nitrogen and oxygen atoms in total. The van der Waals surface area contributed by atoms with Gasteiger partial charge in [0.05, 0.1) is 0 Å². The van der Waals surface area contributed by atoms with Gasteiger partial charge >= 0.3 is 0 Å². The van der Waals surface area contributed by atoms with E-state index in [1.165, 1.54) is 6.07 Å². The van der Waals surface area contributed by atoms with Crippen molar-refractivity contribution in [3.8, 4) is 0 Å². The van der Waals surface area contributed by atoms with E-state index in [1.54, 1.807) is 18.2 Å². The maximum absolute atomic E-state index is 11.9. The molecule has 1 aromatic rings. The van der Waals surface area contributed by atoms with Gasteiger partial charge in [-0.2, -0.15) is 0 Å². The molecule has 0 atom stereocenters. The summed E-state index contributed by atoms with van der Waals surface area (Å²) in [6.45, 7) is 4.07. The number of carbonyl (C=O) groups excluding carboxylic acids is 2. The van der Waals surface area contributed by atoms with E-state index in [4.69, 9.17) is 10.5 Å². The number of nitrogens with two attached hydrogens (primary N) is 1. The van der Waals surface area contributed by atoms with Crippen LogP contribution in [0.3, 0.4) is 0 Å². The third-order valence-corrected chi connectivity index (χ3v) is 2.80. The first-order chi connectivity index (χ1) is 9.65. The minimum absolute atomic E-state index is 0.207. The van der Waals surface area contributed by atoms with Gasteiger partial charge < -0.3 is 15.8 Å². The third-order valence-electron chi connectivity index (χ3n) is 2.80. The highest BCUT2D eigenvalue weighted by Gasteiger charge is 2.07. The maximum Gasteiger partial charge on any atom is 0.251 e. The average molecular weight is 278 g/mol. The Hall–Kier alpha value is -1.88. The second-order valence-electron chi connectivity index (χ2n) is 4.52. The molecule has 0 aliphatic carbocycles. The van der Waals surface area contributed by atoms with Crippen LogP contribution < -0.4 is 11.1 Å². The highest BCUT2D eigenvalue weighted by Crippen LogP contribution is 2.04. The van der Waals surface area contributed by atoms with Crippen molar-refractivity contribution in [1.82, 2.24) is 5.32 Å². The monoisotopic (exact) mass is 278 g/mol. The predicted molar refractivity (Wildman–Crippen MR) is 77.6 cm³/mol. The fraction of sp³-hybridized carbons (Fsp3) is 0.467. The topological polar surface area (TPSA) is 81.4 Å². The number of hydrogen-bond acceptors (Lipinski definition) is 3. The van der Waals surface area contributed by atoms with E-state index in [0.717, 1.165) is 25.9 Å². The number of hydrogen-bond donors (Lipinski definition) is 2. The number of unbranched alkanes of at least 4 members (excludes halogenated alkanes) is 1. The van der Waals surface area contributed by atoms with E-state index in [0.29, 0.717) is 24.3 Å². The number of benzene rings is 1. The predicted octanol–water partition coefficient (Wildman–Crippen LogP) is 1.72. The molecule has 0 saturated heterocycles. The molecule has 0 unspecified atom stereocenters. The molecule has 0 aliphatic heterocycles. The van der Waals surface area contributed by atoms with Crippen LogP contribution in [-0.4, -0.2) is 31.6 Å². The maximum atomic E-state index is 11.9. The Morgan fingerprint density at radius 3 is 2.60 bits per heavy atom. The fourth-order valence-electron chi connectivity index (χ4n) is 1.64. The van der Waals surface area contributed by atoms with Crippen LogP contribution in [0, 0.1) is 0 Å². The molecule has 0 aromatic heterocycles. The van der Waals surface area contributed by atoms with Gasteiger partial charge in [0.25, 0.3) is 5.91 Å². The van der Waals surface area contributed by atoms with Crippen LogP contribution in [0.4, 0.5) is 0 Å². The van der Waals surface area contributed by atoms with E-state index >= 15 is 0 Å². The van der Waals surface area contributed by atoms with E-state index < -0.39 is 5.91 Å². The summed E-state index contributed by atoms with van der Waals surface area (Å²) in [6, 6.07) is 6.37. The van der Waals surface area contributed by atoms with Gasteiger partial charge in [0.15, 0.2) is 0 Å². The Morgan fingerprint density at radius 2 is 1.90 bits per heavy atom. The van der Waals surface area contributed by atoms with Gasteiger partial charge in [0.1, 0.15) is 0 Å². The van der Waals surface area contributed by atoms with Crippen LogP contribution in [0.25, 0.3) is 0 Å². The van der Waals surface area contributed by atoms with Gasteiger partial charge in [0, 0.05) is 30.9 Å². The lowest BCUT2D eigenvalue weighted by Crippen LogP contribution is -2.25. The van der Waals surface area contributed by atoms with Gasteiger partial charge in [-0.25, -0.2) is 0 Å². The summed E-state index contributed by atoms with van der Waals surface area (Å²) in [4.78, 5) is 22.9. The van der Waals surface area contributed by atoms with Crippen LogP contribution >= 0.6 is 0 Å². The smallest absolute Gasteiger partial charge is 0.251 e. The zero-order chi connectivity index (χ0) is 14.8. The molecule has 0 spiro atoms. The second kappa shape index (κ2) is 9.09. The molecule has 0 aliphatic rings. The Bertz CT molecular complexity index is 446. The third kappa shape index (κ3) is 5.84. The average Bonchev–Trinajstić information content (AvgIpc) is 2.46. The Kier molecular flexibility index (Phi) is 7.35. The van der Waals surface area contributed by atoms with Gasteiger partial charge in [-0.1, -0.05) is 19.4 Å². The van der Waals surface area contributed by atoms with Crippen LogP contribution in [0.2, 0.25) is 0 Å². The molecule has 0 bridgehead atoms. The van der Waals surface area contributed by atoms with Crippen LogP contribution in [0.15, 0.2) is 24.3 Å². The van der Waals surface area contributed by atoms with Crippen molar-refractivity contribution in [2.45, 2.75) is 26.2 Å². The van der Waals surface area contributed by atoms with Crippen molar-refractivity contribution in [2.24, 2.45) is 5.73 Å². The van der Waals surface area contributed by atoms with Crippen molar-refractivity contribution in [1.29, 1.82) is 0 Å². The summed E-state index contributed by atoms with van der Waals surface area (Å²) >= 11 is 0. The minimum Gasteiger partial charge on any atom is -0.381 e. The molecular weight excluding hydrogens is 256 g/mol. The van der Waals surface area contributed by atoms with E-state index in [9.17, 15) is 9.59 Å². The molecule has 0 fully saturated rings. The molecule has 110 valence electrons. The molecule has 0 radical (unpaired) electrons. The van der Waals surface area contributed by atoms with Gasteiger partial charge in [-0.3, -0.25) is 9.59 Å². The van der Waals surface area contributed by atoms with E-state index in [-0.39, 0.29) is 5.91 Å². The first-order valence-corrected chi connectivity index (χ1v) is 6.91. The van der Waals surface area contributed by atoms with Crippen LogP contribution in [0.5, 0.6) is 0 Å². The summed E-state index contributed by atoms with van der Waals surface area (Å²) < 4.78 is 5.40. The lowest BCUT2D eigenvalue weighted by atomic mass is 10.1. The number of rotatable bonds is 9. The van der Waals surface area contributed by atoms with Crippen molar-refractivity contribution < 1.29 is 14.3 Å². The zero-order valence-corrected chi connectivity index (χ0v) is 11.9. The zero-order valence-electron chi connectivity index (χ0n) is 11.9. The Balaban J connectivity index is 2.29. The molecule has 2 amide bonds. The molecular formula is C15H22N2O3. The number of ether oxygens (including phenoxy) is 1. The summed E-state index contributed by atoms with van der Waals surface area (Å²) in [5.41, 5.74) is 5.95. The highest BCUT2D eigenvalue weighted by molar-refractivity contribution is 5.99. The summed E-state index contributed by atoms with van der Waals surface area (Å²) in [6.07, 6.45) is 2.95. The van der Waals surface area contributed by atoms with E-state index in [1.807, 2.05) is 0 Å². The fourth-order valence-corrected chi connectivity index (χ4v) is 1.64. The normalized spacial score (nSPS) is 10.2. The minimum atomic E-state index is -0.538. The number of amides is 2. The van der Waals surface area contributed by atoms with Crippen LogP contribution in [-0.2, 0) is 4.74 Å². The largest absolute Gasteiger partial charge is 0.381 e. The molecule has 1 rings (SSSR count). The quantitative estimate of drug-likeness (QED) is 0.675.